The predicted molar refractivity (Wildman–Crippen MR) is 112 cm³/mol. The highest BCUT2D eigenvalue weighted by Gasteiger charge is 2.35. The van der Waals surface area contributed by atoms with Crippen molar-refractivity contribution in [1.29, 1.82) is 0 Å². The van der Waals surface area contributed by atoms with E-state index in [0.717, 1.165) is 0 Å². The fourth-order valence-electron chi connectivity index (χ4n) is 3.86. The average molecular weight is 444 g/mol. The molecule has 2 amide bonds. The number of nitrogens with zero attached hydrogens (tertiary/aromatic N) is 2. The van der Waals surface area contributed by atoms with Gasteiger partial charge in [-0.3, -0.25) is 9.59 Å². The second-order valence-electron chi connectivity index (χ2n) is 7.41. The highest BCUT2D eigenvalue weighted by Crippen LogP contribution is 2.40. The Balaban J connectivity index is 1.75. The Morgan fingerprint density at radius 2 is 1.72 bits per heavy atom. The van der Waals surface area contributed by atoms with E-state index in [1.807, 2.05) is 6.92 Å². The van der Waals surface area contributed by atoms with Crippen LogP contribution in [0.25, 0.3) is 11.1 Å². The summed E-state index contributed by atoms with van der Waals surface area (Å²) in [5.41, 5.74) is 2.36. The first-order valence-corrected chi connectivity index (χ1v) is 9.79. The molecule has 9 heteroatoms. The molecular formula is C23H19F3N2O4. The van der Waals surface area contributed by atoms with Gasteiger partial charge in [-0.1, -0.05) is 18.2 Å². The lowest BCUT2D eigenvalue weighted by Gasteiger charge is -2.40. The van der Waals surface area contributed by atoms with Gasteiger partial charge in [-0.15, -0.1) is 13.2 Å². The molecule has 0 saturated heterocycles. The molecule has 166 valence electrons. The summed E-state index contributed by atoms with van der Waals surface area (Å²) < 4.78 is 46.4. The third kappa shape index (κ3) is 4.18. The average Bonchev–Trinajstić information content (AvgIpc) is 3.26. The number of halogens is 3. The van der Waals surface area contributed by atoms with Crippen molar-refractivity contribution in [3.8, 4) is 16.9 Å². The van der Waals surface area contributed by atoms with Gasteiger partial charge in [0.15, 0.2) is 5.76 Å². The van der Waals surface area contributed by atoms with Crippen molar-refractivity contribution in [2.45, 2.75) is 26.3 Å². The normalized spacial score (nSPS) is 16.0. The Kier molecular flexibility index (Phi) is 5.41. The summed E-state index contributed by atoms with van der Waals surface area (Å²) in [6.07, 6.45) is -3.36. The second-order valence-corrected chi connectivity index (χ2v) is 7.41. The molecule has 2 aromatic carbocycles. The summed E-state index contributed by atoms with van der Waals surface area (Å²) in [4.78, 5) is 28.5. The zero-order valence-electron chi connectivity index (χ0n) is 17.2. The molecule has 1 aromatic heterocycles. The first-order chi connectivity index (χ1) is 15.1. The highest BCUT2D eigenvalue weighted by atomic mass is 19.4. The van der Waals surface area contributed by atoms with E-state index in [1.165, 1.54) is 37.5 Å². The third-order valence-corrected chi connectivity index (χ3v) is 5.15. The number of carbonyl (C=O) groups is 2. The standard InChI is InChI=1S/C23H19F3N2O4/c1-14-13-27(22(30)21-4-3-11-31-21)20-12-17(7-10-19(20)28(14)15(2)29)16-5-8-18(9-6-16)32-23(24,25)26/h3-12,14H,13H2,1-2H3. The van der Waals surface area contributed by atoms with E-state index in [0.29, 0.717) is 22.5 Å². The van der Waals surface area contributed by atoms with Crippen LogP contribution in [-0.2, 0) is 4.79 Å². The van der Waals surface area contributed by atoms with Gasteiger partial charge in [0, 0.05) is 13.5 Å². The number of ether oxygens (including phenoxy) is 1. The van der Waals surface area contributed by atoms with E-state index in [1.54, 1.807) is 40.1 Å². The first-order valence-electron chi connectivity index (χ1n) is 9.79. The van der Waals surface area contributed by atoms with Crippen molar-refractivity contribution in [2.75, 3.05) is 16.3 Å². The molecule has 6 nitrogen and oxygen atoms in total. The Morgan fingerprint density at radius 3 is 2.31 bits per heavy atom. The molecule has 3 aromatic rings. The van der Waals surface area contributed by atoms with E-state index >= 15 is 0 Å². The number of alkyl halides is 3. The number of anilines is 2. The molecule has 1 unspecified atom stereocenters. The molecule has 32 heavy (non-hydrogen) atoms. The number of hydrogen-bond acceptors (Lipinski definition) is 4. The molecule has 0 N–H and O–H groups in total. The number of fused-ring (bicyclic) bond motifs is 1. The van der Waals surface area contributed by atoms with Gasteiger partial charge in [0.05, 0.1) is 23.7 Å². The van der Waals surface area contributed by atoms with Crippen molar-refractivity contribution in [1.82, 2.24) is 0 Å². The van der Waals surface area contributed by atoms with Crippen molar-refractivity contribution >= 4 is 23.2 Å². The third-order valence-electron chi connectivity index (χ3n) is 5.15. The lowest BCUT2D eigenvalue weighted by atomic mass is 10.00. The van der Waals surface area contributed by atoms with Crippen molar-refractivity contribution < 1.29 is 31.9 Å². The fraction of sp³-hybridized carbons (Fsp3) is 0.217. The molecule has 0 aliphatic carbocycles. The maximum atomic E-state index is 13.1. The number of hydrogen-bond donors (Lipinski definition) is 0. The molecule has 0 saturated carbocycles. The van der Waals surface area contributed by atoms with Crippen LogP contribution in [0.1, 0.15) is 24.4 Å². The van der Waals surface area contributed by atoms with Gasteiger partial charge in [-0.25, -0.2) is 0 Å². The number of amides is 2. The van der Waals surface area contributed by atoms with Gasteiger partial charge in [-0.2, -0.15) is 0 Å². The number of rotatable bonds is 3. The van der Waals surface area contributed by atoms with Crippen LogP contribution in [0.2, 0.25) is 0 Å². The van der Waals surface area contributed by atoms with E-state index in [9.17, 15) is 22.8 Å². The number of carbonyl (C=O) groups excluding carboxylic acids is 2. The van der Waals surface area contributed by atoms with Crippen LogP contribution in [-0.4, -0.2) is 30.8 Å². The van der Waals surface area contributed by atoms with Crippen molar-refractivity contribution in [3.63, 3.8) is 0 Å². The monoisotopic (exact) mass is 444 g/mol. The Morgan fingerprint density at radius 1 is 1.03 bits per heavy atom. The first kappa shape index (κ1) is 21.5. The molecule has 2 heterocycles. The highest BCUT2D eigenvalue weighted by molar-refractivity contribution is 6.10. The largest absolute Gasteiger partial charge is 0.573 e. The predicted octanol–water partition coefficient (Wildman–Crippen LogP) is 5.25. The van der Waals surface area contributed by atoms with Gasteiger partial charge in [0.1, 0.15) is 5.75 Å². The van der Waals surface area contributed by atoms with E-state index in [4.69, 9.17) is 4.42 Å². The molecule has 0 spiro atoms. The maximum absolute atomic E-state index is 13.1. The topological polar surface area (TPSA) is 63.0 Å². The molecule has 0 bridgehead atoms. The molecule has 0 radical (unpaired) electrons. The van der Waals surface area contributed by atoms with Crippen LogP contribution in [0.5, 0.6) is 5.75 Å². The summed E-state index contributed by atoms with van der Waals surface area (Å²) in [5, 5.41) is 0. The summed E-state index contributed by atoms with van der Waals surface area (Å²) in [6, 6.07) is 13.6. The van der Waals surface area contributed by atoms with Crippen LogP contribution < -0.4 is 14.5 Å². The maximum Gasteiger partial charge on any atom is 0.573 e. The Bertz CT molecular complexity index is 1140. The summed E-state index contributed by atoms with van der Waals surface area (Å²) in [5.74, 6) is -0.675. The van der Waals surface area contributed by atoms with Gasteiger partial charge >= 0.3 is 6.36 Å². The van der Waals surface area contributed by atoms with Crippen LogP contribution in [0.15, 0.2) is 65.3 Å². The lowest BCUT2D eigenvalue weighted by Crippen LogP contribution is -2.51. The van der Waals surface area contributed by atoms with Crippen molar-refractivity contribution in [3.05, 3.63) is 66.6 Å². The van der Waals surface area contributed by atoms with Crippen LogP contribution in [0.4, 0.5) is 24.5 Å². The Labute approximate surface area is 181 Å². The number of furan rings is 1. The minimum absolute atomic E-state index is 0.162. The number of benzene rings is 2. The Hall–Kier alpha value is -3.75. The van der Waals surface area contributed by atoms with Gasteiger partial charge < -0.3 is 19.0 Å². The molecule has 1 atom stereocenters. The van der Waals surface area contributed by atoms with Crippen LogP contribution in [0.3, 0.4) is 0 Å². The molecule has 1 aliphatic rings. The zero-order valence-corrected chi connectivity index (χ0v) is 17.2. The van der Waals surface area contributed by atoms with Gasteiger partial charge in [0.25, 0.3) is 5.91 Å². The smallest absolute Gasteiger partial charge is 0.459 e. The van der Waals surface area contributed by atoms with Crippen LogP contribution in [0, 0.1) is 0 Å². The zero-order chi connectivity index (χ0) is 23.0. The molecule has 4 rings (SSSR count). The quantitative estimate of drug-likeness (QED) is 0.554. The molecule has 1 aliphatic heterocycles. The van der Waals surface area contributed by atoms with E-state index in [2.05, 4.69) is 4.74 Å². The second kappa shape index (κ2) is 8.07. The lowest BCUT2D eigenvalue weighted by molar-refractivity contribution is -0.274. The fourth-order valence-corrected chi connectivity index (χ4v) is 3.86. The SMILES string of the molecule is CC(=O)N1c2ccc(-c3ccc(OC(F)(F)F)cc3)cc2N(C(=O)c2ccco2)CC1C. The summed E-state index contributed by atoms with van der Waals surface area (Å²) >= 11 is 0. The summed E-state index contributed by atoms with van der Waals surface area (Å²) in [6.45, 7) is 3.56. The summed E-state index contributed by atoms with van der Waals surface area (Å²) in [7, 11) is 0. The molecule has 0 fully saturated rings. The minimum Gasteiger partial charge on any atom is -0.459 e. The van der Waals surface area contributed by atoms with Crippen LogP contribution >= 0.6 is 0 Å². The van der Waals surface area contributed by atoms with Gasteiger partial charge in [-0.05, 0) is 54.4 Å². The van der Waals surface area contributed by atoms with Crippen molar-refractivity contribution in [2.24, 2.45) is 0 Å². The molecular weight excluding hydrogens is 425 g/mol. The minimum atomic E-state index is -4.77. The van der Waals surface area contributed by atoms with Gasteiger partial charge in [0.2, 0.25) is 5.91 Å². The van der Waals surface area contributed by atoms with E-state index in [-0.39, 0.29) is 35.9 Å². The van der Waals surface area contributed by atoms with E-state index < -0.39 is 6.36 Å².